The lowest BCUT2D eigenvalue weighted by atomic mass is 10.1. The number of ether oxygens (including phenoxy) is 1. The van der Waals surface area contributed by atoms with Gasteiger partial charge in [0.05, 0.1) is 19.1 Å². The number of imidazole rings is 1. The van der Waals surface area contributed by atoms with Crippen LogP contribution in [0.25, 0.3) is 17.2 Å². The molecule has 0 bridgehead atoms. The molecule has 3 N–H and O–H groups in total. The first kappa shape index (κ1) is 20.4. The molecule has 0 aliphatic rings. The largest absolute Gasteiger partial charge is 0.479 e. The molecule has 1 aromatic carbocycles. The van der Waals surface area contributed by atoms with Crippen LogP contribution in [0.3, 0.4) is 0 Å². The van der Waals surface area contributed by atoms with Gasteiger partial charge in [0.1, 0.15) is 11.4 Å². The highest BCUT2D eigenvalue weighted by molar-refractivity contribution is 5.67. The van der Waals surface area contributed by atoms with E-state index in [0.29, 0.717) is 23.3 Å². The first-order chi connectivity index (χ1) is 15.0. The molecule has 0 aliphatic heterocycles. The molecule has 160 valence electrons. The van der Waals surface area contributed by atoms with Crippen LogP contribution < -0.4 is 15.4 Å². The zero-order chi connectivity index (χ0) is 22.0. The average Bonchev–Trinajstić information content (AvgIpc) is 3.40. The first-order valence-corrected chi connectivity index (χ1v) is 10.1. The van der Waals surface area contributed by atoms with Gasteiger partial charge in [0, 0.05) is 24.1 Å². The van der Waals surface area contributed by atoms with Crippen LogP contribution in [-0.4, -0.2) is 43.4 Å². The Labute approximate surface area is 180 Å². The third-order valence-corrected chi connectivity index (χ3v) is 4.94. The normalized spacial score (nSPS) is 10.9. The van der Waals surface area contributed by atoms with Gasteiger partial charge in [-0.25, -0.2) is 9.97 Å². The highest BCUT2D eigenvalue weighted by Gasteiger charge is 2.14. The van der Waals surface area contributed by atoms with Crippen LogP contribution in [0, 0.1) is 20.8 Å². The zero-order valence-electron chi connectivity index (χ0n) is 18.3. The third-order valence-electron chi connectivity index (χ3n) is 4.94. The Morgan fingerprint density at radius 3 is 2.55 bits per heavy atom. The number of H-pyrrole nitrogens is 1. The summed E-state index contributed by atoms with van der Waals surface area (Å²) in [6.07, 6.45) is 3.65. The van der Waals surface area contributed by atoms with Gasteiger partial charge in [0.15, 0.2) is 5.82 Å². The van der Waals surface area contributed by atoms with Crippen molar-refractivity contribution in [3.63, 3.8) is 0 Å². The van der Waals surface area contributed by atoms with Crippen molar-refractivity contribution in [3.05, 3.63) is 53.6 Å². The van der Waals surface area contributed by atoms with Crippen molar-refractivity contribution >= 4 is 17.3 Å². The second-order valence-corrected chi connectivity index (χ2v) is 7.29. The minimum atomic E-state index is 0.476. The molecular formula is C22H26N8O. The van der Waals surface area contributed by atoms with Gasteiger partial charge in [-0.2, -0.15) is 4.98 Å². The van der Waals surface area contributed by atoms with Crippen LogP contribution >= 0.6 is 0 Å². The molecule has 31 heavy (non-hydrogen) atoms. The fraction of sp³-hybridized carbons (Fsp3) is 0.273. The molecule has 0 saturated carbocycles. The van der Waals surface area contributed by atoms with E-state index < -0.39 is 0 Å². The summed E-state index contributed by atoms with van der Waals surface area (Å²) in [6, 6.07) is 8.01. The monoisotopic (exact) mass is 418 g/mol. The molecule has 0 amide bonds. The van der Waals surface area contributed by atoms with E-state index in [0.717, 1.165) is 40.4 Å². The van der Waals surface area contributed by atoms with Gasteiger partial charge in [0.2, 0.25) is 11.8 Å². The van der Waals surface area contributed by atoms with Crippen molar-refractivity contribution < 1.29 is 4.74 Å². The quantitative estimate of drug-likeness (QED) is 0.414. The molecular weight excluding hydrogens is 392 g/mol. The van der Waals surface area contributed by atoms with Crippen molar-refractivity contribution in [1.82, 2.24) is 29.7 Å². The van der Waals surface area contributed by atoms with Crippen LogP contribution in [0.2, 0.25) is 0 Å². The molecule has 4 rings (SSSR count). The van der Waals surface area contributed by atoms with E-state index in [4.69, 9.17) is 4.74 Å². The molecule has 0 aliphatic carbocycles. The molecule has 0 unspecified atom stereocenters. The summed E-state index contributed by atoms with van der Waals surface area (Å²) in [7, 11) is 1.59. The predicted octanol–water partition coefficient (Wildman–Crippen LogP) is 4.16. The SMILES string of the molecule is CCNc1cc(C)c(Nc2n[nH]c(-c3ccc(-n4cnc(C)c4)c(OC)n3)n2)cc1C. The molecule has 4 aromatic rings. The summed E-state index contributed by atoms with van der Waals surface area (Å²) in [5.74, 6) is 1.50. The number of nitrogens with zero attached hydrogens (tertiary/aromatic N) is 5. The standard InChI is InChI=1S/C22H26N8O/c1-6-23-17-9-14(3)18(10-13(17)2)26-22-27-20(28-29-22)16-7-8-19(21(25-16)31-5)30-11-15(4)24-12-30/h7-12,23H,6H2,1-5H3,(H2,26,27,28,29). The smallest absolute Gasteiger partial charge is 0.246 e. The Morgan fingerprint density at radius 2 is 1.84 bits per heavy atom. The van der Waals surface area contributed by atoms with Crippen LogP contribution in [0.4, 0.5) is 17.3 Å². The van der Waals surface area contributed by atoms with Gasteiger partial charge < -0.3 is 19.9 Å². The fourth-order valence-corrected chi connectivity index (χ4v) is 3.35. The molecule has 0 spiro atoms. The summed E-state index contributed by atoms with van der Waals surface area (Å²) in [6.45, 7) is 9.03. The number of nitrogens with one attached hydrogen (secondary N) is 3. The Morgan fingerprint density at radius 1 is 1.06 bits per heavy atom. The Balaban J connectivity index is 1.58. The second-order valence-electron chi connectivity index (χ2n) is 7.29. The van der Waals surface area contributed by atoms with Gasteiger partial charge in [-0.05, 0) is 63.1 Å². The van der Waals surface area contributed by atoms with Crippen molar-refractivity contribution in [3.8, 4) is 23.1 Å². The maximum Gasteiger partial charge on any atom is 0.246 e. The number of hydrogen-bond acceptors (Lipinski definition) is 7. The van der Waals surface area contributed by atoms with Crippen LogP contribution in [0.1, 0.15) is 23.7 Å². The highest BCUT2D eigenvalue weighted by Crippen LogP contribution is 2.28. The number of anilines is 3. The van der Waals surface area contributed by atoms with Crippen LogP contribution in [0.5, 0.6) is 5.88 Å². The van der Waals surface area contributed by atoms with Gasteiger partial charge in [0.25, 0.3) is 0 Å². The fourth-order valence-electron chi connectivity index (χ4n) is 3.35. The Kier molecular flexibility index (Phi) is 5.57. The summed E-state index contributed by atoms with van der Waals surface area (Å²) in [5, 5.41) is 13.9. The lowest BCUT2D eigenvalue weighted by Gasteiger charge is -2.13. The van der Waals surface area contributed by atoms with E-state index in [-0.39, 0.29) is 0 Å². The van der Waals surface area contributed by atoms with E-state index in [1.165, 1.54) is 0 Å². The molecule has 3 heterocycles. The second kappa shape index (κ2) is 8.47. The number of aromatic amines is 1. The number of aryl methyl sites for hydroxylation is 3. The lowest BCUT2D eigenvalue weighted by Crippen LogP contribution is -2.02. The number of methoxy groups -OCH3 is 1. The Hall–Kier alpha value is -3.88. The molecule has 0 saturated heterocycles. The highest BCUT2D eigenvalue weighted by atomic mass is 16.5. The van der Waals surface area contributed by atoms with Crippen molar-refractivity contribution in [1.29, 1.82) is 0 Å². The zero-order valence-corrected chi connectivity index (χ0v) is 18.3. The maximum atomic E-state index is 5.49. The Bertz CT molecular complexity index is 1210. The number of aromatic nitrogens is 6. The minimum absolute atomic E-state index is 0.476. The number of hydrogen-bond donors (Lipinski definition) is 3. The van der Waals surface area contributed by atoms with Crippen LogP contribution in [-0.2, 0) is 0 Å². The molecule has 0 atom stereocenters. The topological polar surface area (TPSA) is 106 Å². The molecule has 0 fully saturated rings. The number of benzene rings is 1. The summed E-state index contributed by atoms with van der Waals surface area (Å²) >= 11 is 0. The molecule has 3 aromatic heterocycles. The number of pyridine rings is 1. The van der Waals surface area contributed by atoms with Crippen molar-refractivity contribution in [2.45, 2.75) is 27.7 Å². The van der Waals surface area contributed by atoms with Gasteiger partial charge in [-0.3, -0.25) is 5.10 Å². The van der Waals surface area contributed by atoms with E-state index in [1.807, 2.05) is 29.8 Å². The van der Waals surface area contributed by atoms with Crippen molar-refractivity contribution in [2.75, 3.05) is 24.3 Å². The average molecular weight is 419 g/mol. The van der Waals surface area contributed by atoms with Gasteiger partial charge in [-0.15, -0.1) is 5.10 Å². The van der Waals surface area contributed by atoms with E-state index in [9.17, 15) is 0 Å². The van der Waals surface area contributed by atoms with Gasteiger partial charge in [-0.1, -0.05) is 0 Å². The van der Waals surface area contributed by atoms with E-state index in [2.05, 4.69) is 68.7 Å². The van der Waals surface area contributed by atoms with Gasteiger partial charge >= 0.3 is 0 Å². The summed E-state index contributed by atoms with van der Waals surface area (Å²) in [5.41, 5.74) is 6.70. The first-order valence-electron chi connectivity index (χ1n) is 10.1. The molecule has 0 radical (unpaired) electrons. The predicted molar refractivity (Wildman–Crippen MR) is 121 cm³/mol. The summed E-state index contributed by atoms with van der Waals surface area (Å²) < 4.78 is 7.37. The third kappa shape index (κ3) is 4.20. The maximum absolute atomic E-state index is 5.49. The molecule has 9 nitrogen and oxygen atoms in total. The number of rotatable bonds is 7. The minimum Gasteiger partial charge on any atom is -0.479 e. The summed E-state index contributed by atoms with van der Waals surface area (Å²) in [4.78, 5) is 13.4. The molecule has 9 heteroatoms. The van der Waals surface area contributed by atoms with Crippen molar-refractivity contribution in [2.24, 2.45) is 0 Å². The lowest BCUT2D eigenvalue weighted by molar-refractivity contribution is 0.396. The van der Waals surface area contributed by atoms with E-state index >= 15 is 0 Å². The van der Waals surface area contributed by atoms with Crippen LogP contribution in [0.15, 0.2) is 36.8 Å². The van der Waals surface area contributed by atoms with E-state index in [1.54, 1.807) is 13.4 Å².